The molecule has 0 aliphatic carbocycles. The third-order valence-electron chi connectivity index (χ3n) is 2.87. The highest BCUT2D eigenvalue weighted by Gasteiger charge is 2.12. The Morgan fingerprint density at radius 2 is 1.83 bits per heavy atom. The molecule has 0 aromatic heterocycles. The molecule has 0 saturated heterocycles. The molecule has 0 saturated carbocycles. The lowest BCUT2D eigenvalue weighted by Gasteiger charge is -2.22. The zero-order chi connectivity index (χ0) is 13.6. The Kier molecular flexibility index (Phi) is 5.46. The summed E-state index contributed by atoms with van der Waals surface area (Å²) in [6, 6.07) is 10.7. The molecule has 100 valence electrons. The molecule has 0 spiro atoms. The Morgan fingerprint density at radius 1 is 1.22 bits per heavy atom. The molecule has 1 nitrogen and oxygen atoms in total. The minimum absolute atomic E-state index is 0.312. The SMILES string of the molecule is C=C(CC(C)(C)C)NCC(C)Cc1ccccc1. The van der Waals surface area contributed by atoms with E-state index < -0.39 is 0 Å². The quantitative estimate of drug-likeness (QED) is 0.783. The van der Waals surface area contributed by atoms with Crippen molar-refractivity contribution < 1.29 is 0 Å². The highest BCUT2D eigenvalue weighted by molar-refractivity contribution is 5.15. The maximum atomic E-state index is 4.11. The van der Waals surface area contributed by atoms with E-state index >= 15 is 0 Å². The summed E-state index contributed by atoms with van der Waals surface area (Å²) in [7, 11) is 0. The number of nitrogens with one attached hydrogen (secondary N) is 1. The van der Waals surface area contributed by atoms with Gasteiger partial charge in [0.15, 0.2) is 0 Å². The van der Waals surface area contributed by atoms with Gasteiger partial charge in [0.2, 0.25) is 0 Å². The molecule has 1 aromatic carbocycles. The van der Waals surface area contributed by atoms with Crippen molar-refractivity contribution in [2.45, 2.75) is 40.5 Å². The van der Waals surface area contributed by atoms with E-state index in [1.165, 1.54) is 5.56 Å². The number of allylic oxidation sites excluding steroid dienone is 1. The van der Waals surface area contributed by atoms with Crippen LogP contribution in [0.4, 0.5) is 0 Å². The summed E-state index contributed by atoms with van der Waals surface area (Å²) in [4.78, 5) is 0. The average molecular weight is 245 g/mol. The van der Waals surface area contributed by atoms with Crippen LogP contribution >= 0.6 is 0 Å². The fraction of sp³-hybridized carbons (Fsp3) is 0.529. The van der Waals surface area contributed by atoms with E-state index in [-0.39, 0.29) is 0 Å². The number of hydrogen-bond acceptors (Lipinski definition) is 1. The van der Waals surface area contributed by atoms with Crippen molar-refractivity contribution in [1.82, 2.24) is 5.32 Å². The second kappa shape index (κ2) is 6.63. The molecule has 1 rings (SSSR count). The van der Waals surface area contributed by atoms with E-state index in [1.54, 1.807) is 0 Å². The van der Waals surface area contributed by atoms with Crippen LogP contribution in [0.25, 0.3) is 0 Å². The third kappa shape index (κ3) is 6.48. The van der Waals surface area contributed by atoms with Crippen LogP contribution in [0.3, 0.4) is 0 Å². The van der Waals surface area contributed by atoms with Crippen LogP contribution in [0, 0.1) is 11.3 Å². The summed E-state index contributed by atoms with van der Waals surface area (Å²) in [6.45, 7) is 14.1. The van der Waals surface area contributed by atoms with Gasteiger partial charge in [-0.2, -0.15) is 0 Å². The van der Waals surface area contributed by atoms with Gasteiger partial charge in [0.05, 0.1) is 0 Å². The predicted octanol–water partition coefficient (Wildman–Crippen LogP) is 4.40. The first-order valence-electron chi connectivity index (χ1n) is 6.82. The summed E-state index contributed by atoms with van der Waals surface area (Å²) in [5.74, 6) is 0.629. The van der Waals surface area contributed by atoms with E-state index in [4.69, 9.17) is 0 Å². The van der Waals surface area contributed by atoms with Crippen molar-refractivity contribution in [2.75, 3.05) is 6.54 Å². The van der Waals surface area contributed by atoms with E-state index in [0.717, 1.165) is 25.1 Å². The summed E-state index contributed by atoms with van der Waals surface area (Å²) in [6.07, 6.45) is 2.15. The van der Waals surface area contributed by atoms with Gasteiger partial charge in [-0.1, -0.05) is 64.6 Å². The first kappa shape index (κ1) is 14.8. The van der Waals surface area contributed by atoms with E-state index in [1.807, 2.05) is 0 Å². The monoisotopic (exact) mass is 245 g/mol. The lowest BCUT2D eigenvalue weighted by atomic mass is 9.90. The van der Waals surface area contributed by atoms with Crippen LogP contribution in [-0.2, 0) is 6.42 Å². The molecule has 18 heavy (non-hydrogen) atoms. The molecule has 1 atom stereocenters. The van der Waals surface area contributed by atoms with Crippen molar-refractivity contribution in [3.8, 4) is 0 Å². The molecule has 0 heterocycles. The van der Waals surface area contributed by atoms with Crippen LogP contribution in [0.2, 0.25) is 0 Å². The zero-order valence-corrected chi connectivity index (χ0v) is 12.3. The molecule has 0 fully saturated rings. The summed E-state index contributed by atoms with van der Waals surface area (Å²) >= 11 is 0. The predicted molar refractivity (Wildman–Crippen MR) is 80.5 cm³/mol. The van der Waals surface area contributed by atoms with Crippen molar-refractivity contribution in [2.24, 2.45) is 11.3 Å². The molecule has 0 aliphatic rings. The Bertz CT molecular complexity index is 359. The van der Waals surface area contributed by atoms with Gasteiger partial charge in [-0.3, -0.25) is 0 Å². The van der Waals surface area contributed by atoms with Gasteiger partial charge in [-0.15, -0.1) is 0 Å². The van der Waals surface area contributed by atoms with Gasteiger partial charge in [0.1, 0.15) is 0 Å². The minimum atomic E-state index is 0.312. The van der Waals surface area contributed by atoms with Crippen LogP contribution < -0.4 is 5.32 Å². The number of hydrogen-bond donors (Lipinski definition) is 1. The van der Waals surface area contributed by atoms with Gasteiger partial charge in [-0.25, -0.2) is 0 Å². The molecule has 1 N–H and O–H groups in total. The van der Waals surface area contributed by atoms with Crippen molar-refractivity contribution >= 4 is 0 Å². The standard InChI is InChI=1S/C17H27N/c1-14(11-16-9-7-6-8-10-16)13-18-15(2)12-17(3,4)5/h6-10,14,18H,2,11-13H2,1,3-5H3. The van der Waals surface area contributed by atoms with Crippen molar-refractivity contribution in [3.05, 3.63) is 48.2 Å². The molecule has 0 amide bonds. The van der Waals surface area contributed by atoms with Crippen LogP contribution in [0.15, 0.2) is 42.6 Å². The first-order valence-corrected chi connectivity index (χ1v) is 6.82. The Hall–Kier alpha value is -1.24. The Morgan fingerprint density at radius 3 is 2.39 bits per heavy atom. The molecule has 0 aliphatic heterocycles. The summed E-state index contributed by atoms with van der Waals surface area (Å²) < 4.78 is 0. The Labute approximate surface area is 112 Å². The highest BCUT2D eigenvalue weighted by Crippen LogP contribution is 2.21. The fourth-order valence-electron chi connectivity index (χ4n) is 2.11. The molecular weight excluding hydrogens is 218 g/mol. The molecule has 1 aromatic rings. The highest BCUT2D eigenvalue weighted by atomic mass is 14.9. The van der Waals surface area contributed by atoms with Crippen LogP contribution in [0.5, 0.6) is 0 Å². The van der Waals surface area contributed by atoms with Gasteiger partial charge in [-0.05, 0) is 29.7 Å². The third-order valence-corrected chi connectivity index (χ3v) is 2.87. The Balaban J connectivity index is 2.29. The topological polar surface area (TPSA) is 12.0 Å². The lowest BCUT2D eigenvalue weighted by molar-refractivity contribution is 0.393. The van der Waals surface area contributed by atoms with Gasteiger partial charge in [0, 0.05) is 12.2 Å². The normalized spacial score (nSPS) is 13.1. The van der Waals surface area contributed by atoms with Crippen molar-refractivity contribution in [1.29, 1.82) is 0 Å². The maximum Gasteiger partial charge on any atom is 0.0172 e. The minimum Gasteiger partial charge on any atom is -0.389 e. The van der Waals surface area contributed by atoms with Gasteiger partial charge in [0.25, 0.3) is 0 Å². The molecular formula is C17H27N. The van der Waals surface area contributed by atoms with Gasteiger partial charge < -0.3 is 5.32 Å². The molecule has 1 unspecified atom stereocenters. The molecule has 0 radical (unpaired) electrons. The summed E-state index contributed by atoms with van der Waals surface area (Å²) in [5, 5.41) is 3.46. The number of rotatable bonds is 6. The second-order valence-corrected chi connectivity index (χ2v) is 6.52. The van der Waals surface area contributed by atoms with Crippen molar-refractivity contribution in [3.63, 3.8) is 0 Å². The van der Waals surface area contributed by atoms with Crippen LogP contribution in [0.1, 0.15) is 39.7 Å². The number of benzene rings is 1. The lowest BCUT2D eigenvalue weighted by Crippen LogP contribution is -2.24. The average Bonchev–Trinajstić information content (AvgIpc) is 2.25. The zero-order valence-electron chi connectivity index (χ0n) is 12.3. The fourth-order valence-corrected chi connectivity index (χ4v) is 2.11. The smallest absolute Gasteiger partial charge is 0.0172 e. The van der Waals surface area contributed by atoms with E-state index in [2.05, 4.69) is 69.9 Å². The second-order valence-electron chi connectivity index (χ2n) is 6.52. The van der Waals surface area contributed by atoms with E-state index in [0.29, 0.717) is 11.3 Å². The first-order chi connectivity index (χ1) is 8.37. The molecule has 1 heteroatoms. The largest absolute Gasteiger partial charge is 0.389 e. The van der Waals surface area contributed by atoms with E-state index in [9.17, 15) is 0 Å². The molecule has 0 bridgehead atoms. The van der Waals surface area contributed by atoms with Crippen LogP contribution in [-0.4, -0.2) is 6.54 Å². The maximum absolute atomic E-state index is 4.11. The van der Waals surface area contributed by atoms with Gasteiger partial charge >= 0.3 is 0 Å². The summed E-state index contributed by atoms with van der Waals surface area (Å²) in [5.41, 5.74) is 2.88.